The van der Waals surface area contributed by atoms with E-state index < -0.39 is 0 Å². The molecule has 0 spiro atoms. The standard InChI is InChI=1S/2C5H5.C4H10O2.Fe/c2*1-2-4-5-3-1;1-5-3-4-6-2;/h2*1-5H;3-4H2,1-2H3;/q-5;-1;;. The largest absolute Gasteiger partial charge is 0.748 e. The predicted octanol–water partition coefficient (Wildman–Crippen LogP) is 3.09. The summed E-state index contributed by atoms with van der Waals surface area (Å²) in [4.78, 5) is 0. The summed E-state index contributed by atoms with van der Waals surface area (Å²) < 4.78 is 9.31. The zero-order valence-electron chi connectivity index (χ0n) is 10.4. The van der Waals surface area contributed by atoms with Crippen molar-refractivity contribution in [3.05, 3.63) is 60.7 Å². The van der Waals surface area contributed by atoms with Gasteiger partial charge in [-0.3, -0.25) is 0 Å². The Hall–Kier alpha value is -0.861. The van der Waals surface area contributed by atoms with E-state index in [0.717, 1.165) is 0 Å². The van der Waals surface area contributed by atoms with Crippen LogP contribution in [0, 0.1) is 0 Å². The molecule has 0 unspecified atom stereocenters. The second-order valence-electron chi connectivity index (χ2n) is 2.91. The summed E-state index contributed by atoms with van der Waals surface area (Å²) in [6.07, 6.45) is 0. The zero-order valence-corrected chi connectivity index (χ0v) is 11.5. The first kappa shape index (κ1) is 18.5. The number of methoxy groups -OCH3 is 2. The smallest absolute Gasteiger partial charge is 0.0696 e. The van der Waals surface area contributed by atoms with Crippen molar-refractivity contribution < 1.29 is 26.5 Å². The van der Waals surface area contributed by atoms with Gasteiger partial charge >= 0.3 is 0 Å². The van der Waals surface area contributed by atoms with Crippen molar-refractivity contribution in [1.82, 2.24) is 0 Å². The number of hydrogen-bond acceptors (Lipinski definition) is 2. The first-order valence-corrected chi connectivity index (χ1v) is 5.23. The van der Waals surface area contributed by atoms with E-state index in [1.54, 1.807) is 14.2 Å². The quantitative estimate of drug-likeness (QED) is 0.487. The van der Waals surface area contributed by atoms with Crippen LogP contribution in [-0.4, -0.2) is 27.4 Å². The van der Waals surface area contributed by atoms with Crippen LogP contribution in [0.3, 0.4) is 0 Å². The fourth-order valence-corrected chi connectivity index (χ4v) is 0.808. The Labute approximate surface area is 115 Å². The van der Waals surface area contributed by atoms with Gasteiger partial charge in [0.2, 0.25) is 0 Å². The third-order valence-electron chi connectivity index (χ3n) is 1.60. The van der Waals surface area contributed by atoms with E-state index in [-0.39, 0.29) is 17.1 Å². The average Bonchev–Trinajstić information content (AvgIpc) is 3.00. The maximum Gasteiger partial charge on any atom is 0.0696 e. The minimum atomic E-state index is 0. The third-order valence-corrected chi connectivity index (χ3v) is 1.60. The van der Waals surface area contributed by atoms with Gasteiger partial charge in [0, 0.05) is 31.3 Å². The first-order chi connectivity index (χ1) is 7.91. The normalized spacial score (nSPS) is 7.88. The van der Waals surface area contributed by atoms with Gasteiger partial charge in [-0.15, -0.1) is 0 Å². The number of ether oxygens (including phenoxy) is 2. The number of hydrogen-bond donors (Lipinski definition) is 0. The summed E-state index contributed by atoms with van der Waals surface area (Å²) in [6, 6.07) is 20.0. The van der Waals surface area contributed by atoms with Gasteiger partial charge in [0.15, 0.2) is 0 Å². The SMILES string of the molecule is COCCOC.[Fe].[cH-]1[cH-][cH-][cH-][cH-]1.c1cc[cH-]c1. The van der Waals surface area contributed by atoms with E-state index >= 15 is 0 Å². The molecule has 0 saturated heterocycles. The Balaban J connectivity index is 0. The molecular weight excluding hydrogens is 256 g/mol. The van der Waals surface area contributed by atoms with E-state index in [1.807, 2.05) is 60.7 Å². The molecule has 0 aromatic heterocycles. The van der Waals surface area contributed by atoms with Gasteiger partial charge in [-0.25, -0.2) is 12.1 Å². The van der Waals surface area contributed by atoms with Crippen LogP contribution in [0.15, 0.2) is 60.7 Å². The van der Waals surface area contributed by atoms with Crippen LogP contribution in [0.1, 0.15) is 0 Å². The molecule has 0 aliphatic rings. The fourth-order valence-electron chi connectivity index (χ4n) is 0.808. The summed E-state index contributed by atoms with van der Waals surface area (Å²) >= 11 is 0. The first-order valence-electron chi connectivity index (χ1n) is 5.23. The molecule has 0 aliphatic heterocycles. The number of rotatable bonds is 3. The molecule has 0 radical (unpaired) electrons. The molecule has 2 nitrogen and oxygen atoms in total. The second kappa shape index (κ2) is 17.5. The van der Waals surface area contributed by atoms with Gasteiger partial charge in [0.05, 0.1) is 13.2 Å². The monoisotopic (exact) mass is 276 g/mol. The molecule has 0 saturated carbocycles. The molecule has 0 aliphatic carbocycles. The van der Waals surface area contributed by atoms with Crippen LogP contribution in [0.2, 0.25) is 0 Å². The molecule has 102 valence electrons. The molecule has 2 aromatic rings. The van der Waals surface area contributed by atoms with Gasteiger partial charge in [-0.2, -0.15) is 18.2 Å². The maximum atomic E-state index is 4.66. The van der Waals surface area contributed by atoms with Gasteiger partial charge in [-0.1, -0.05) is 0 Å². The van der Waals surface area contributed by atoms with Crippen molar-refractivity contribution in [2.75, 3.05) is 27.4 Å². The molecule has 0 amide bonds. The maximum absolute atomic E-state index is 4.66. The molecule has 0 bridgehead atoms. The summed E-state index contributed by atoms with van der Waals surface area (Å²) in [5.74, 6) is 0. The summed E-state index contributed by atoms with van der Waals surface area (Å²) in [6.45, 7) is 1.38. The molecule has 2 aromatic carbocycles. The van der Waals surface area contributed by atoms with Crippen molar-refractivity contribution in [2.24, 2.45) is 0 Å². The topological polar surface area (TPSA) is 18.5 Å². The molecule has 0 fully saturated rings. The van der Waals surface area contributed by atoms with Gasteiger partial charge in [0.1, 0.15) is 0 Å². The van der Waals surface area contributed by atoms with Crippen LogP contribution in [-0.2, 0) is 26.5 Å². The van der Waals surface area contributed by atoms with Gasteiger partial charge < -0.3 is 39.8 Å². The molecule has 3 heteroatoms. The Morgan fingerprint density at radius 2 is 1.12 bits per heavy atom. The Morgan fingerprint density at radius 1 is 0.765 bits per heavy atom. The summed E-state index contributed by atoms with van der Waals surface area (Å²) in [7, 11) is 3.30. The molecule has 0 N–H and O–H groups in total. The average molecular weight is 276 g/mol. The molecule has 0 atom stereocenters. The van der Waals surface area contributed by atoms with Crippen molar-refractivity contribution in [3.8, 4) is 0 Å². The van der Waals surface area contributed by atoms with Crippen molar-refractivity contribution in [3.63, 3.8) is 0 Å². The van der Waals surface area contributed by atoms with Crippen molar-refractivity contribution in [1.29, 1.82) is 0 Å². The van der Waals surface area contributed by atoms with E-state index in [9.17, 15) is 0 Å². The van der Waals surface area contributed by atoms with Crippen LogP contribution in [0.5, 0.6) is 0 Å². The van der Waals surface area contributed by atoms with Gasteiger partial charge in [0.25, 0.3) is 0 Å². The molecular formula is C14H20FeO2-6. The zero-order chi connectivity index (χ0) is 11.9. The molecule has 0 heterocycles. The summed E-state index contributed by atoms with van der Waals surface area (Å²) in [5.41, 5.74) is 0. The van der Waals surface area contributed by atoms with Crippen LogP contribution in [0.25, 0.3) is 0 Å². The minimum Gasteiger partial charge on any atom is -0.748 e. The Morgan fingerprint density at radius 3 is 1.29 bits per heavy atom. The summed E-state index contributed by atoms with van der Waals surface area (Å²) in [5, 5.41) is 0. The van der Waals surface area contributed by atoms with Crippen LogP contribution in [0.4, 0.5) is 0 Å². The van der Waals surface area contributed by atoms with E-state index in [4.69, 9.17) is 0 Å². The van der Waals surface area contributed by atoms with Crippen LogP contribution < -0.4 is 0 Å². The van der Waals surface area contributed by atoms with Crippen molar-refractivity contribution in [2.45, 2.75) is 0 Å². The van der Waals surface area contributed by atoms with Crippen molar-refractivity contribution >= 4 is 0 Å². The van der Waals surface area contributed by atoms with E-state index in [2.05, 4.69) is 9.47 Å². The van der Waals surface area contributed by atoms with Gasteiger partial charge in [-0.05, 0) is 0 Å². The fraction of sp³-hybridized carbons (Fsp3) is 0.286. The Bertz CT molecular complexity index is 200. The third kappa shape index (κ3) is 17.7. The van der Waals surface area contributed by atoms with E-state index in [0.29, 0.717) is 13.2 Å². The predicted molar refractivity (Wildman–Crippen MR) is 67.8 cm³/mol. The van der Waals surface area contributed by atoms with Crippen LogP contribution >= 0.6 is 0 Å². The minimum absolute atomic E-state index is 0. The second-order valence-corrected chi connectivity index (χ2v) is 2.91. The van der Waals surface area contributed by atoms with E-state index in [1.165, 1.54) is 0 Å². The molecule has 2 rings (SSSR count). The Kier molecular flexibility index (Phi) is 19.1. The molecule has 17 heavy (non-hydrogen) atoms.